The second-order valence-corrected chi connectivity index (χ2v) is 9.38. The summed E-state index contributed by atoms with van der Waals surface area (Å²) in [6, 6.07) is 10.2. The molecule has 0 radical (unpaired) electrons. The molecule has 11 heteroatoms. The first kappa shape index (κ1) is 23.1. The Morgan fingerprint density at radius 3 is 2.76 bits per heavy atom. The van der Waals surface area contributed by atoms with Gasteiger partial charge in [-0.2, -0.15) is 4.31 Å². The van der Waals surface area contributed by atoms with Gasteiger partial charge in [-0.3, -0.25) is 4.79 Å². The Bertz CT molecular complexity index is 1160. The maximum Gasteiger partial charge on any atom is 0.268 e. The van der Waals surface area contributed by atoms with Crippen LogP contribution in [0.15, 0.2) is 52.5 Å². The Morgan fingerprint density at radius 1 is 1.24 bits per heavy atom. The molecule has 2 aliphatic heterocycles. The van der Waals surface area contributed by atoms with E-state index < -0.39 is 27.9 Å². The summed E-state index contributed by atoms with van der Waals surface area (Å²) in [5.74, 6) is -0.606. The smallest absolute Gasteiger partial charge is 0.268 e. The molecular weight excluding hydrogens is 453 g/mol. The van der Waals surface area contributed by atoms with Crippen LogP contribution >= 0.6 is 0 Å². The fraction of sp³-hybridized carbons (Fsp3) is 0.364. The number of carbonyl (C=O) groups is 1. The highest BCUT2D eigenvalue weighted by atomic mass is 32.2. The Labute approximate surface area is 191 Å². The number of hydrogen-bond donors (Lipinski definition) is 1. The topological polar surface area (TPSA) is 107 Å². The predicted molar refractivity (Wildman–Crippen MR) is 118 cm³/mol. The molecule has 2 aliphatic rings. The minimum Gasteiger partial charge on any atom is -0.492 e. The summed E-state index contributed by atoms with van der Waals surface area (Å²) in [6.45, 7) is 3.27. The van der Waals surface area contributed by atoms with Crippen molar-refractivity contribution in [1.82, 2.24) is 4.31 Å². The quantitative estimate of drug-likeness (QED) is 0.656. The van der Waals surface area contributed by atoms with Crippen molar-refractivity contribution >= 4 is 27.3 Å². The van der Waals surface area contributed by atoms with Crippen LogP contribution in [-0.2, 0) is 24.4 Å². The molecule has 1 N–H and O–H groups in total. The van der Waals surface area contributed by atoms with Crippen molar-refractivity contribution < 1.29 is 31.9 Å². The Kier molecular flexibility index (Phi) is 6.91. The second-order valence-electron chi connectivity index (χ2n) is 7.44. The molecule has 1 unspecified atom stereocenters. The number of ether oxygens (including phenoxy) is 2. The molecule has 1 amide bonds. The zero-order valence-corrected chi connectivity index (χ0v) is 18.8. The molecule has 0 aromatic heterocycles. The van der Waals surface area contributed by atoms with Gasteiger partial charge in [-0.15, -0.1) is 0 Å². The number of nitrogens with zero attached hydrogens (tertiary/aromatic N) is 2. The van der Waals surface area contributed by atoms with Crippen molar-refractivity contribution in [2.75, 3.05) is 38.2 Å². The fourth-order valence-corrected chi connectivity index (χ4v) is 4.99. The van der Waals surface area contributed by atoms with Gasteiger partial charge >= 0.3 is 0 Å². The summed E-state index contributed by atoms with van der Waals surface area (Å²) in [4.78, 5) is 18.2. The van der Waals surface area contributed by atoms with E-state index in [2.05, 4.69) is 10.5 Å². The number of hydrogen-bond acceptors (Lipinski definition) is 7. The molecule has 0 spiro atoms. The number of nitrogens with one attached hydrogen (secondary N) is 1. The molecule has 176 valence electrons. The van der Waals surface area contributed by atoms with Crippen LogP contribution in [0.3, 0.4) is 0 Å². The molecule has 1 atom stereocenters. The molecule has 1 saturated heterocycles. The number of anilines is 1. The standard InChI is InChI=1S/C22H24FN3O6S/c1-2-31-20-7-6-17(33(28,29)26-8-10-30-11-9-26)13-19(20)24-22(27)21-14-18(25-32-21)15-4-3-5-16(23)12-15/h3-7,12-13,21H,2,8-11,14H2,1H3,(H,24,27). The van der Waals surface area contributed by atoms with E-state index >= 15 is 0 Å². The van der Waals surface area contributed by atoms with Gasteiger partial charge in [-0.05, 0) is 37.3 Å². The van der Waals surface area contributed by atoms with Gasteiger partial charge in [0.25, 0.3) is 5.91 Å². The van der Waals surface area contributed by atoms with Crippen LogP contribution in [0.2, 0.25) is 0 Å². The predicted octanol–water partition coefficient (Wildman–Crippen LogP) is 2.38. The van der Waals surface area contributed by atoms with Crippen molar-refractivity contribution in [1.29, 1.82) is 0 Å². The van der Waals surface area contributed by atoms with E-state index in [-0.39, 0.29) is 30.1 Å². The van der Waals surface area contributed by atoms with Crippen LogP contribution in [0.25, 0.3) is 0 Å². The summed E-state index contributed by atoms with van der Waals surface area (Å²) in [5.41, 5.74) is 1.18. The molecule has 0 saturated carbocycles. The third kappa shape index (κ3) is 5.15. The van der Waals surface area contributed by atoms with Gasteiger partial charge in [0.2, 0.25) is 16.1 Å². The molecule has 0 bridgehead atoms. The third-order valence-corrected chi connectivity index (χ3v) is 7.13. The van der Waals surface area contributed by atoms with E-state index in [4.69, 9.17) is 14.3 Å². The number of carbonyl (C=O) groups excluding carboxylic acids is 1. The van der Waals surface area contributed by atoms with Crippen LogP contribution in [0, 0.1) is 5.82 Å². The Hall–Kier alpha value is -3.02. The van der Waals surface area contributed by atoms with Crippen LogP contribution in [0.1, 0.15) is 18.9 Å². The monoisotopic (exact) mass is 477 g/mol. The lowest BCUT2D eigenvalue weighted by Crippen LogP contribution is -2.40. The van der Waals surface area contributed by atoms with E-state index in [1.807, 2.05) is 0 Å². The maximum absolute atomic E-state index is 13.5. The normalized spacial score (nSPS) is 19.0. The summed E-state index contributed by atoms with van der Waals surface area (Å²) in [7, 11) is -3.76. The lowest BCUT2D eigenvalue weighted by molar-refractivity contribution is -0.125. The molecule has 0 aliphatic carbocycles. The molecule has 1 fully saturated rings. The van der Waals surface area contributed by atoms with Gasteiger partial charge in [0.1, 0.15) is 11.6 Å². The third-order valence-electron chi connectivity index (χ3n) is 5.24. The van der Waals surface area contributed by atoms with Gasteiger partial charge < -0.3 is 19.6 Å². The Balaban J connectivity index is 1.51. The van der Waals surface area contributed by atoms with E-state index in [0.29, 0.717) is 36.8 Å². The number of benzene rings is 2. The molecule has 9 nitrogen and oxygen atoms in total. The highest BCUT2D eigenvalue weighted by Gasteiger charge is 2.31. The van der Waals surface area contributed by atoms with Crippen molar-refractivity contribution in [3.63, 3.8) is 0 Å². The van der Waals surface area contributed by atoms with Crippen molar-refractivity contribution in [2.24, 2.45) is 5.16 Å². The molecule has 33 heavy (non-hydrogen) atoms. The molecule has 2 heterocycles. The summed E-state index contributed by atoms with van der Waals surface area (Å²) in [6.07, 6.45) is -0.803. The van der Waals surface area contributed by atoms with Crippen molar-refractivity contribution in [3.05, 3.63) is 53.8 Å². The van der Waals surface area contributed by atoms with Crippen LogP contribution < -0.4 is 10.1 Å². The largest absolute Gasteiger partial charge is 0.492 e. The second kappa shape index (κ2) is 9.86. The average Bonchev–Trinajstić information content (AvgIpc) is 3.31. The molecule has 2 aromatic rings. The first-order valence-electron chi connectivity index (χ1n) is 10.5. The lowest BCUT2D eigenvalue weighted by Gasteiger charge is -2.26. The highest BCUT2D eigenvalue weighted by molar-refractivity contribution is 7.89. The Morgan fingerprint density at radius 2 is 2.03 bits per heavy atom. The average molecular weight is 478 g/mol. The number of oxime groups is 1. The van der Waals surface area contributed by atoms with Gasteiger partial charge in [-0.25, -0.2) is 12.8 Å². The lowest BCUT2D eigenvalue weighted by atomic mass is 10.0. The summed E-state index contributed by atoms with van der Waals surface area (Å²) < 4.78 is 51.7. The van der Waals surface area contributed by atoms with Gasteiger partial charge in [0.05, 0.1) is 36.1 Å². The minimum absolute atomic E-state index is 0.0344. The fourth-order valence-electron chi connectivity index (χ4n) is 3.55. The van der Waals surface area contributed by atoms with Gasteiger partial charge in [0.15, 0.2) is 0 Å². The van der Waals surface area contributed by atoms with E-state index in [1.165, 1.54) is 34.6 Å². The number of sulfonamides is 1. The number of amides is 1. The number of halogens is 1. The first-order chi connectivity index (χ1) is 15.9. The van der Waals surface area contributed by atoms with E-state index in [0.717, 1.165) is 0 Å². The van der Waals surface area contributed by atoms with Gasteiger partial charge in [0, 0.05) is 25.1 Å². The zero-order valence-electron chi connectivity index (χ0n) is 18.0. The SMILES string of the molecule is CCOc1ccc(S(=O)(=O)N2CCOCC2)cc1NC(=O)C1CC(c2cccc(F)c2)=NO1. The molecule has 4 rings (SSSR count). The first-order valence-corrected chi connectivity index (χ1v) is 12.0. The van der Waals surface area contributed by atoms with Crippen molar-refractivity contribution in [2.45, 2.75) is 24.3 Å². The van der Waals surface area contributed by atoms with Crippen molar-refractivity contribution in [3.8, 4) is 5.75 Å². The highest BCUT2D eigenvalue weighted by Crippen LogP contribution is 2.30. The molecule has 2 aromatic carbocycles. The maximum atomic E-state index is 13.5. The van der Waals surface area contributed by atoms with E-state index in [9.17, 15) is 17.6 Å². The minimum atomic E-state index is -3.76. The number of rotatable bonds is 7. The summed E-state index contributed by atoms with van der Waals surface area (Å²) in [5, 5.41) is 6.60. The van der Waals surface area contributed by atoms with Crippen LogP contribution in [0.5, 0.6) is 5.75 Å². The van der Waals surface area contributed by atoms with Crippen LogP contribution in [0.4, 0.5) is 10.1 Å². The van der Waals surface area contributed by atoms with Gasteiger partial charge in [-0.1, -0.05) is 17.3 Å². The number of morpholine rings is 1. The van der Waals surface area contributed by atoms with E-state index in [1.54, 1.807) is 19.1 Å². The van der Waals surface area contributed by atoms with Crippen LogP contribution in [-0.4, -0.2) is 63.4 Å². The molecular formula is C22H24FN3O6S. The summed E-state index contributed by atoms with van der Waals surface area (Å²) >= 11 is 0. The zero-order chi connectivity index (χ0) is 23.4.